The molecular weight excluding hydrogens is 456 g/mol. The predicted molar refractivity (Wildman–Crippen MR) is 128 cm³/mol. The van der Waals surface area contributed by atoms with E-state index in [4.69, 9.17) is 14.2 Å². The van der Waals surface area contributed by atoms with Crippen LogP contribution in [0.15, 0.2) is 77.7 Å². The van der Waals surface area contributed by atoms with Gasteiger partial charge < -0.3 is 19.5 Å². The summed E-state index contributed by atoms with van der Waals surface area (Å²) in [5, 5.41) is 2.80. The first-order valence-corrected chi connectivity index (χ1v) is 12.3. The topological polar surface area (TPSA) is 94.2 Å². The van der Waals surface area contributed by atoms with E-state index in [-0.39, 0.29) is 17.4 Å². The zero-order chi connectivity index (χ0) is 24.0. The average Bonchev–Trinajstić information content (AvgIpc) is 2.85. The highest BCUT2D eigenvalue weighted by Gasteiger charge is 2.26. The second-order valence-electron chi connectivity index (χ2n) is 7.69. The Bertz CT molecular complexity index is 1240. The Morgan fingerprint density at radius 2 is 1.68 bits per heavy atom. The highest BCUT2D eigenvalue weighted by atomic mass is 32.2. The van der Waals surface area contributed by atoms with Crippen LogP contribution in [0.4, 0.5) is 5.69 Å². The number of carbonyl (C=O) groups is 1. The maximum atomic E-state index is 12.8. The molecule has 0 unspecified atom stereocenters. The number of benzene rings is 3. The molecule has 1 fully saturated rings. The summed E-state index contributed by atoms with van der Waals surface area (Å²) in [5.74, 6) is 1.23. The first-order valence-electron chi connectivity index (χ1n) is 10.9. The summed E-state index contributed by atoms with van der Waals surface area (Å²) in [6.07, 6.45) is 0. The van der Waals surface area contributed by atoms with E-state index in [1.807, 2.05) is 36.4 Å². The zero-order valence-corrected chi connectivity index (χ0v) is 19.6. The SMILES string of the molecule is Cc1cc(S(=O)(=O)N2CCOCC2)ccc1OCC(=O)Nc1ccccc1Oc1ccccc1. The van der Waals surface area contributed by atoms with Crippen LogP contribution in [0.25, 0.3) is 0 Å². The quantitative estimate of drug-likeness (QED) is 0.525. The minimum absolute atomic E-state index is 0.190. The Balaban J connectivity index is 1.38. The molecule has 0 spiro atoms. The van der Waals surface area contributed by atoms with Crippen LogP contribution in [0.5, 0.6) is 17.2 Å². The molecule has 178 valence electrons. The lowest BCUT2D eigenvalue weighted by Gasteiger charge is -2.26. The molecule has 8 nitrogen and oxygen atoms in total. The summed E-state index contributed by atoms with van der Waals surface area (Å²) in [5.41, 5.74) is 1.14. The lowest BCUT2D eigenvalue weighted by Crippen LogP contribution is -2.40. The van der Waals surface area contributed by atoms with Gasteiger partial charge in [-0.1, -0.05) is 30.3 Å². The fourth-order valence-electron chi connectivity index (χ4n) is 3.48. The van der Waals surface area contributed by atoms with Gasteiger partial charge in [0.1, 0.15) is 11.5 Å². The van der Waals surface area contributed by atoms with Crippen molar-refractivity contribution in [3.8, 4) is 17.2 Å². The third-order valence-electron chi connectivity index (χ3n) is 5.25. The van der Waals surface area contributed by atoms with Gasteiger partial charge >= 0.3 is 0 Å². The molecule has 1 aliphatic heterocycles. The average molecular weight is 483 g/mol. The standard InChI is InChI=1S/C25H26N2O6S/c1-19-17-21(34(29,30)27-13-15-31-16-14-27)11-12-23(19)32-18-25(28)26-22-9-5-6-10-24(22)33-20-7-3-2-4-8-20/h2-12,17H,13-16,18H2,1H3,(H,26,28). The van der Waals surface area contributed by atoms with E-state index >= 15 is 0 Å². The van der Waals surface area contributed by atoms with Gasteiger partial charge in [0, 0.05) is 13.1 Å². The lowest BCUT2D eigenvalue weighted by molar-refractivity contribution is -0.118. The molecule has 1 heterocycles. The Morgan fingerprint density at radius 1 is 0.971 bits per heavy atom. The molecule has 9 heteroatoms. The highest BCUT2D eigenvalue weighted by molar-refractivity contribution is 7.89. The minimum Gasteiger partial charge on any atom is -0.483 e. The number of aryl methyl sites for hydroxylation is 1. The number of nitrogens with one attached hydrogen (secondary N) is 1. The van der Waals surface area contributed by atoms with Crippen molar-refractivity contribution in [1.29, 1.82) is 0 Å². The number of sulfonamides is 1. The molecular formula is C25H26N2O6S. The smallest absolute Gasteiger partial charge is 0.262 e. The van der Waals surface area contributed by atoms with Gasteiger partial charge in [-0.05, 0) is 55.0 Å². The van der Waals surface area contributed by atoms with Crippen molar-refractivity contribution in [2.75, 3.05) is 38.2 Å². The molecule has 0 aliphatic carbocycles. The summed E-state index contributed by atoms with van der Waals surface area (Å²) in [6.45, 7) is 2.93. The number of hydrogen-bond acceptors (Lipinski definition) is 6. The second kappa shape index (κ2) is 10.7. The van der Waals surface area contributed by atoms with E-state index in [1.54, 1.807) is 37.3 Å². The number of morpholine rings is 1. The number of carbonyl (C=O) groups excluding carboxylic acids is 1. The number of ether oxygens (including phenoxy) is 3. The van der Waals surface area contributed by atoms with Crippen molar-refractivity contribution in [2.45, 2.75) is 11.8 Å². The minimum atomic E-state index is -3.60. The molecule has 3 aromatic carbocycles. The fraction of sp³-hybridized carbons (Fsp3) is 0.240. The van der Waals surface area contributed by atoms with E-state index in [0.717, 1.165) is 0 Å². The first-order chi connectivity index (χ1) is 16.4. The maximum Gasteiger partial charge on any atom is 0.262 e. The zero-order valence-electron chi connectivity index (χ0n) is 18.8. The van der Waals surface area contributed by atoms with Crippen molar-refractivity contribution in [2.24, 2.45) is 0 Å². The summed E-state index contributed by atoms with van der Waals surface area (Å²) >= 11 is 0. The predicted octanol–water partition coefficient (Wildman–Crippen LogP) is 3.83. The monoisotopic (exact) mass is 482 g/mol. The van der Waals surface area contributed by atoms with Crippen LogP contribution in [-0.4, -0.2) is 51.5 Å². The first kappa shape index (κ1) is 23.7. The summed E-state index contributed by atoms with van der Waals surface area (Å²) in [4.78, 5) is 12.7. The van der Waals surface area contributed by atoms with E-state index in [0.29, 0.717) is 54.8 Å². The normalized spacial score (nSPS) is 14.4. The molecule has 0 saturated carbocycles. The maximum absolute atomic E-state index is 12.8. The molecule has 3 aromatic rings. The number of para-hydroxylation sites is 3. The van der Waals surface area contributed by atoms with Gasteiger partial charge in [0.2, 0.25) is 10.0 Å². The number of amides is 1. The number of rotatable bonds is 8. The molecule has 0 bridgehead atoms. The Morgan fingerprint density at radius 3 is 2.41 bits per heavy atom. The fourth-order valence-corrected chi connectivity index (χ4v) is 4.98. The Labute approximate surface area is 199 Å². The van der Waals surface area contributed by atoms with E-state index in [9.17, 15) is 13.2 Å². The Kier molecular flexibility index (Phi) is 7.46. The molecule has 0 radical (unpaired) electrons. The van der Waals surface area contributed by atoms with Gasteiger partial charge in [-0.3, -0.25) is 4.79 Å². The number of anilines is 1. The molecule has 0 atom stereocenters. The highest BCUT2D eigenvalue weighted by Crippen LogP contribution is 2.29. The summed E-state index contributed by atoms with van der Waals surface area (Å²) < 4.78 is 43.8. The van der Waals surface area contributed by atoms with Crippen molar-refractivity contribution < 1.29 is 27.4 Å². The van der Waals surface area contributed by atoms with Crippen LogP contribution in [0, 0.1) is 6.92 Å². The van der Waals surface area contributed by atoms with Gasteiger partial charge in [0.05, 0.1) is 23.8 Å². The van der Waals surface area contributed by atoms with Crippen LogP contribution < -0.4 is 14.8 Å². The van der Waals surface area contributed by atoms with Crippen LogP contribution in [0.1, 0.15) is 5.56 Å². The van der Waals surface area contributed by atoms with Crippen molar-refractivity contribution >= 4 is 21.6 Å². The summed E-state index contributed by atoms with van der Waals surface area (Å²) in [7, 11) is -3.60. The number of hydrogen-bond donors (Lipinski definition) is 1. The third-order valence-corrected chi connectivity index (χ3v) is 7.14. The van der Waals surface area contributed by atoms with Crippen LogP contribution in [0.2, 0.25) is 0 Å². The van der Waals surface area contributed by atoms with Gasteiger partial charge in [0.15, 0.2) is 12.4 Å². The van der Waals surface area contributed by atoms with Crippen molar-refractivity contribution in [3.05, 3.63) is 78.4 Å². The second-order valence-corrected chi connectivity index (χ2v) is 9.63. The van der Waals surface area contributed by atoms with E-state index < -0.39 is 10.0 Å². The molecule has 34 heavy (non-hydrogen) atoms. The van der Waals surface area contributed by atoms with Crippen LogP contribution in [0.3, 0.4) is 0 Å². The molecule has 1 N–H and O–H groups in total. The molecule has 1 saturated heterocycles. The Hall–Kier alpha value is -3.40. The molecule has 0 aromatic heterocycles. The van der Waals surface area contributed by atoms with Crippen molar-refractivity contribution in [1.82, 2.24) is 4.31 Å². The largest absolute Gasteiger partial charge is 0.483 e. The van der Waals surface area contributed by atoms with Gasteiger partial charge in [0.25, 0.3) is 5.91 Å². The van der Waals surface area contributed by atoms with Gasteiger partial charge in [-0.25, -0.2) is 8.42 Å². The molecule has 1 amide bonds. The van der Waals surface area contributed by atoms with Crippen LogP contribution in [-0.2, 0) is 19.6 Å². The lowest BCUT2D eigenvalue weighted by atomic mass is 10.2. The van der Waals surface area contributed by atoms with E-state index in [1.165, 1.54) is 10.4 Å². The van der Waals surface area contributed by atoms with Crippen LogP contribution >= 0.6 is 0 Å². The third kappa shape index (κ3) is 5.74. The van der Waals surface area contributed by atoms with E-state index in [2.05, 4.69) is 5.32 Å². The summed E-state index contributed by atoms with van der Waals surface area (Å²) in [6, 6.07) is 21.0. The van der Waals surface area contributed by atoms with Gasteiger partial charge in [-0.2, -0.15) is 4.31 Å². The molecule has 1 aliphatic rings. The number of nitrogens with zero attached hydrogens (tertiary/aromatic N) is 1. The van der Waals surface area contributed by atoms with Gasteiger partial charge in [-0.15, -0.1) is 0 Å². The molecule has 4 rings (SSSR count). The van der Waals surface area contributed by atoms with Crippen molar-refractivity contribution in [3.63, 3.8) is 0 Å².